The number of rotatable bonds is 7. The van der Waals surface area contributed by atoms with Crippen LogP contribution in [-0.2, 0) is 16.0 Å². The van der Waals surface area contributed by atoms with Crippen LogP contribution in [0.25, 0.3) is 0 Å². The summed E-state index contributed by atoms with van der Waals surface area (Å²) in [6.45, 7) is 9.00. The second-order valence-corrected chi connectivity index (χ2v) is 5.51. The highest BCUT2D eigenvalue weighted by Crippen LogP contribution is 2.16. The van der Waals surface area contributed by atoms with Crippen LogP contribution in [0, 0.1) is 0 Å². The number of carbonyl (C=O) groups excluding carboxylic acids is 2. The maximum atomic E-state index is 11.7. The minimum absolute atomic E-state index is 0.00199. The fourth-order valence-electron chi connectivity index (χ4n) is 2.12. The fraction of sp³-hybridized carbons (Fsp3) is 0.429. The number of aliphatic hydroxyl groups excluding tert-OH is 2. The molecule has 0 saturated heterocycles. The third-order valence-electron chi connectivity index (χ3n) is 3.20. The molecule has 1 amide bonds. The summed E-state index contributed by atoms with van der Waals surface area (Å²) in [7, 11) is 1.56. The third kappa shape index (κ3) is 11.9. The van der Waals surface area contributed by atoms with Gasteiger partial charge < -0.3 is 20.1 Å². The number of hydrazine groups is 1. The van der Waals surface area contributed by atoms with Crippen LogP contribution < -0.4 is 10.9 Å². The summed E-state index contributed by atoms with van der Waals surface area (Å²) in [6, 6.07) is 6.67. The van der Waals surface area contributed by atoms with Crippen LogP contribution in [0.3, 0.4) is 0 Å². The van der Waals surface area contributed by atoms with Crippen LogP contribution in [0.4, 0.5) is 0 Å². The minimum atomic E-state index is -0.665. The summed E-state index contributed by atoms with van der Waals surface area (Å²) >= 11 is 0. The van der Waals surface area contributed by atoms with Crippen molar-refractivity contribution in [1.29, 1.82) is 0 Å². The number of aldehydes is 1. The van der Waals surface area contributed by atoms with E-state index in [1.54, 1.807) is 52.1 Å². The van der Waals surface area contributed by atoms with Gasteiger partial charge >= 0.3 is 0 Å². The predicted molar refractivity (Wildman–Crippen MR) is 112 cm³/mol. The van der Waals surface area contributed by atoms with E-state index < -0.39 is 12.0 Å². The lowest BCUT2D eigenvalue weighted by Crippen LogP contribution is -2.36. The van der Waals surface area contributed by atoms with E-state index in [2.05, 4.69) is 10.9 Å². The summed E-state index contributed by atoms with van der Waals surface area (Å²) < 4.78 is 0. The van der Waals surface area contributed by atoms with Gasteiger partial charge in [-0.3, -0.25) is 10.2 Å². The Kier molecular flexibility index (Phi) is 16.3. The van der Waals surface area contributed by atoms with E-state index in [0.717, 1.165) is 11.8 Å². The van der Waals surface area contributed by atoms with Crippen molar-refractivity contribution < 1.29 is 24.9 Å². The monoisotopic (exact) mass is 394 g/mol. The highest BCUT2D eigenvalue weighted by Gasteiger charge is 2.16. The standard InChI is InChI=1S/C11H20N2O3.C8H8O2.C2H6/c1-5-9(15)10(11(16)13-12-4)7(2)6-8(3)14;9-5-4-7-2-1-3-8(10)6-7;1-2/h6,8,12,14-15H,5H2,1-4H3,(H,13,16);1-3,5-6,10H,4H2;1-2H3/b7-6-,10-9-;;. The average molecular weight is 395 g/mol. The molecule has 0 spiro atoms. The van der Waals surface area contributed by atoms with Crippen LogP contribution in [0.1, 0.15) is 46.6 Å². The summed E-state index contributed by atoms with van der Waals surface area (Å²) in [6.07, 6.45) is 2.39. The number of carbonyl (C=O) groups is 2. The Hall–Kier alpha value is -2.64. The first kappa shape index (κ1) is 27.6. The Morgan fingerprint density at radius 2 is 1.89 bits per heavy atom. The van der Waals surface area contributed by atoms with Gasteiger partial charge in [0, 0.05) is 19.9 Å². The maximum absolute atomic E-state index is 11.7. The molecule has 1 atom stereocenters. The number of hydrogen-bond donors (Lipinski definition) is 5. The number of aliphatic hydroxyl groups is 2. The smallest absolute Gasteiger partial charge is 0.269 e. The number of allylic oxidation sites excluding steroid dienone is 1. The van der Waals surface area contributed by atoms with Crippen molar-refractivity contribution in [3.8, 4) is 5.75 Å². The number of phenolic OH excluding ortho intramolecular Hbond substituents is 1. The van der Waals surface area contributed by atoms with Crippen LogP contribution >= 0.6 is 0 Å². The zero-order valence-electron chi connectivity index (χ0n) is 17.6. The van der Waals surface area contributed by atoms with Crippen LogP contribution in [0.15, 0.2) is 47.2 Å². The molecule has 1 rings (SSSR count). The van der Waals surface area contributed by atoms with E-state index in [-0.39, 0.29) is 17.1 Å². The summed E-state index contributed by atoms with van der Waals surface area (Å²) in [5, 5.41) is 27.8. The number of amides is 1. The van der Waals surface area contributed by atoms with Gasteiger partial charge in [0.2, 0.25) is 0 Å². The molecule has 7 nitrogen and oxygen atoms in total. The molecule has 0 saturated carbocycles. The molecule has 1 unspecified atom stereocenters. The molecule has 0 aliphatic carbocycles. The Balaban J connectivity index is 0. The topological polar surface area (TPSA) is 119 Å². The van der Waals surface area contributed by atoms with Crippen molar-refractivity contribution >= 4 is 12.2 Å². The summed E-state index contributed by atoms with van der Waals surface area (Å²) in [4.78, 5) is 21.7. The lowest BCUT2D eigenvalue weighted by molar-refractivity contribution is -0.118. The first-order chi connectivity index (χ1) is 13.3. The van der Waals surface area contributed by atoms with Crippen molar-refractivity contribution in [3.05, 3.63) is 52.8 Å². The van der Waals surface area contributed by atoms with Crippen LogP contribution in [-0.4, -0.2) is 40.7 Å². The van der Waals surface area contributed by atoms with Gasteiger partial charge in [-0.15, -0.1) is 0 Å². The van der Waals surface area contributed by atoms with E-state index in [1.807, 2.05) is 13.8 Å². The third-order valence-corrected chi connectivity index (χ3v) is 3.20. The van der Waals surface area contributed by atoms with Gasteiger partial charge in [-0.1, -0.05) is 39.0 Å². The Morgan fingerprint density at radius 1 is 1.29 bits per heavy atom. The van der Waals surface area contributed by atoms with Gasteiger partial charge in [0.05, 0.1) is 11.7 Å². The van der Waals surface area contributed by atoms with E-state index >= 15 is 0 Å². The van der Waals surface area contributed by atoms with Crippen molar-refractivity contribution in [2.45, 2.75) is 53.6 Å². The molecule has 0 radical (unpaired) electrons. The van der Waals surface area contributed by atoms with Gasteiger partial charge in [-0.05, 0) is 37.1 Å². The zero-order chi connectivity index (χ0) is 22.1. The van der Waals surface area contributed by atoms with Gasteiger partial charge in [0.1, 0.15) is 17.8 Å². The quantitative estimate of drug-likeness (QED) is 0.159. The normalized spacial score (nSPS) is 12.3. The average Bonchev–Trinajstić information content (AvgIpc) is 2.64. The van der Waals surface area contributed by atoms with Crippen LogP contribution in [0.5, 0.6) is 5.75 Å². The van der Waals surface area contributed by atoms with Crippen molar-refractivity contribution in [1.82, 2.24) is 10.9 Å². The van der Waals surface area contributed by atoms with Gasteiger partial charge in [-0.25, -0.2) is 5.43 Å². The molecule has 5 N–H and O–H groups in total. The van der Waals surface area contributed by atoms with E-state index in [4.69, 9.17) is 5.11 Å². The Bertz CT molecular complexity index is 652. The van der Waals surface area contributed by atoms with Gasteiger partial charge in [0.15, 0.2) is 0 Å². The molecule has 158 valence electrons. The van der Waals surface area contributed by atoms with E-state index in [0.29, 0.717) is 18.4 Å². The molecule has 0 aliphatic heterocycles. The zero-order valence-corrected chi connectivity index (χ0v) is 17.6. The Morgan fingerprint density at radius 3 is 2.32 bits per heavy atom. The van der Waals surface area contributed by atoms with E-state index in [9.17, 15) is 19.8 Å². The molecular formula is C21H34N2O5. The molecule has 0 heterocycles. The predicted octanol–water partition coefficient (Wildman–Crippen LogP) is 2.95. The molecule has 1 aromatic rings. The number of aromatic hydroxyl groups is 1. The molecule has 7 heteroatoms. The maximum Gasteiger partial charge on any atom is 0.269 e. The van der Waals surface area contributed by atoms with Crippen molar-refractivity contribution in [3.63, 3.8) is 0 Å². The lowest BCUT2D eigenvalue weighted by atomic mass is 10.0. The number of nitrogens with one attached hydrogen (secondary N) is 2. The number of hydrogen-bond acceptors (Lipinski definition) is 6. The highest BCUT2D eigenvalue weighted by molar-refractivity contribution is 5.97. The molecule has 0 aromatic heterocycles. The van der Waals surface area contributed by atoms with Gasteiger partial charge in [0.25, 0.3) is 5.91 Å². The first-order valence-corrected chi connectivity index (χ1v) is 9.24. The van der Waals surface area contributed by atoms with Crippen molar-refractivity contribution in [2.24, 2.45) is 0 Å². The van der Waals surface area contributed by atoms with Gasteiger partial charge in [-0.2, -0.15) is 0 Å². The largest absolute Gasteiger partial charge is 0.511 e. The summed E-state index contributed by atoms with van der Waals surface area (Å²) in [5.74, 6) is -0.210. The molecule has 28 heavy (non-hydrogen) atoms. The second-order valence-electron chi connectivity index (χ2n) is 5.51. The van der Waals surface area contributed by atoms with E-state index in [1.165, 1.54) is 6.08 Å². The molecule has 0 aliphatic rings. The molecule has 0 fully saturated rings. The highest BCUT2D eigenvalue weighted by atomic mass is 16.3. The van der Waals surface area contributed by atoms with Crippen molar-refractivity contribution in [2.75, 3.05) is 7.05 Å². The second kappa shape index (κ2) is 16.5. The molecule has 0 bridgehead atoms. The SMILES string of the molecule is CC.CC/C(O)=C(C(=O)NNC)\C(C)=C/C(C)O.O=CCc1cccc(O)c1. The van der Waals surface area contributed by atoms with Crippen LogP contribution in [0.2, 0.25) is 0 Å². The Labute approximate surface area is 167 Å². The lowest BCUT2D eigenvalue weighted by Gasteiger charge is -2.11. The summed E-state index contributed by atoms with van der Waals surface area (Å²) in [5.41, 5.74) is 6.46. The first-order valence-electron chi connectivity index (χ1n) is 9.24. The number of phenols is 1. The fourth-order valence-corrected chi connectivity index (χ4v) is 2.12. The molecular weight excluding hydrogens is 360 g/mol. The molecule has 1 aromatic carbocycles. The minimum Gasteiger partial charge on any atom is -0.511 e. The number of benzene rings is 1.